The zero-order valence-corrected chi connectivity index (χ0v) is 24.0. The van der Waals surface area contributed by atoms with Crippen LogP contribution in [0.5, 0.6) is 0 Å². The third-order valence-electron chi connectivity index (χ3n) is 7.00. The Bertz CT molecular complexity index is 460. The van der Waals surface area contributed by atoms with Crippen molar-refractivity contribution in [1.29, 1.82) is 0 Å². The van der Waals surface area contributed by atoms with Crippen LogP contribution in [0.25, 0.3) is 0 Å². The van der Waals surface area contributed by atoms with Crippen molar-refractivity contribution in [3.63, 3.8) is 0 Å². The third-order valence-corrected chi connectivity index (χ3v) is 7.00. The summed E-state index contributed by atoms with van der Waals surface area (Å²) >= 11 is 0. The summed E-state index contributed by atoms with van der Waals surface area (Å²) in [5, 5.41) is 10.2. The van der Waals surface area contributed by atoms with Crippen molar-refractivity contribution in [3.8, 4) is 0 Å². The average molecular weight is 495 g/mol. The van der Waals surface area contributed by atoms with Crippen LogP contribution in [-0.4, -0.2) is 23.3 Å². The van der Waals surface area contributed by atoms with Crippen molar-refractivity contribution in [2.24, 2.45) is 0 Å². The Labute approximate surface area is 219 Å². The number of carbonyl (C=O) groups excluding carboxylic acids is 1. The van der Waals surface area contributed by atoms with E-state index >= 15 is 0 Å². The van der Waals surface area contributed by atoms with Crippen LogP contribution in [0.3, 0.4) is 0 Å². The van der Waals surface area contributed by atoms with Crippen LogP contribution in [0.15, 0.2) is 12.2 Å². The maximum absolute atomic E-state index is 11.9. The molecule has 0 spiro atoms. The number of aliphatic hydroxyl groups excluding tert-OH is 1. The average Bonchev–Trinajstić information content (AvgIpc) is 2.84. The molecule has 0 aromatic rings. The first-order chi connectivity index (χ1) is 17.1. The van der Waals surface area contributed by atoms with Gasteiger partial charge in [0.15, 0.2) is 0 Å². The number of rotatable bonds is 27. The third kappa shape index (κ3) is 26.1. The van der Waals surface area contributed by atoms with Crippen LogP contribution < -0.4 is 0 Å². The molecule has 0 saturated heterocycles. The maximum atomic E-state index is 11.9. The predicted molar refractivity (Wildman–Crippen MR) is 153 cm³/mol. The molecule has 3 nitrogen and oxygen atoms in total. The summed E-state index contributed by atoms with van der Waals surface area (Å²) in [6.45, 7) is 6.52. The molecule has 1 unspecified atom stereocenters. The molecule has 208 valence electrons. The Morgan fingerprint density at radius 3 is 1.69 bits per heavy atom. The lowest BCUT2D eigenvalue weighted by molar-refractivity contribution is -0.149. The number of hydrogen-bond acceptors (Lipinski definition) is 3. The number of allylic oxidation sites excluding steroid dienone is 1. The van der Waals surface area contributed by atoms with Gasteiger partial charge in [0.1, 0.15) is 6.10 Å². The quantitative estimate of drug-likeness (QED) is 0.0701. The smallest absolute Gasteiger partial charge is 0.306 e. The van der Waals surface area contributed by atoms with Gasteiger partial charge in [-0.2, -0.15) is 0 Å². The lowest BCUT2D eigenvalue weighted by atomic mass is 10.0. The second-order valence-electron chi connectivity index (χ2n) is 10.7. The topological polar surface area (TPSA) is 46.5 Å². The summed E-state index contributed by atoms with van der Waals surface area (Å²) < 4.78 is 5.71. The Balaban J connectivity index is 3.67. The number of unbranched alkanes of at least 4 members (excludes halogenated alkanes) is 15. The SMILES string of the molecule is CCCCCCCCCCC(O)CCCCCCC/C=C\C[C@@H](CCCCCC)OC(=O)CCC. The number of esters is 1. The van der Waals surface area contributed by atoms with E-state index in [1.54, 1.807) is 0 Å². The molecule has 0 radical (unpaired) electrons. The molecule has 0 aromatic carbocycles. The van der Waals surface area contributed by atoms with Gasteiger partial charge in [-0.15, -0.1) is 0 Å². The van der Waals surface area contributed by atoms with Gasteiger partial charge in [0, 0.05) is 12.8 Å². The molecular weight excluding hydrogens is 432 g/mol. The fourth-order valence-corrected chi connectivity index (χ4v) is 4.67. The Kier molecular flexibility index (Phi) is 27.1. The molecule has 0 aliphatic carbocycles. The first-order valence-corrected chi connectivity index (χ1v) is 15.7. The molecule has 3 heteroatoms. The van der Waals surface area contributed by atoms with Crippen LogP contribution >= 0.6 is 0 Å². The van der Waals surface area contributed by atoms with E-state index in [4.69, 9.17) is 4.74 Å². The van der Waals surface area contributed by atoms with Crippen molar-refractivity contribution in [2.45, 2.75) is 187 Å². The zero-order chi connectivity index (χ0) is 25.8. The fraction of sp³-hybridized carbons (Fsp3) is 0.906. The van der Waals surface area contributed by atoms with Gasteiger partial charge in [0.25, 0.3) is 0 Å². The lowest BCUT2D eigenvalue weighted by Crippen LogP contribution is -2.17. The highest BCUT2D eigenvalue weighted by atomic mass is 16.5. The summed E-state index contributed by atoms with van der Waals surface area (Å²) in [6, 6.07) is 0. The van der Waals surface area contributed by atoms with Gasteiger partial charge in [-0.1, -0.05) is 129 Å². The molecule has 0 saturated carbocycles. The molecule has 0 rings (SSSR count). The minimum atomic E-state index is -0.0839. The van der Waals surface area contributed by atoms with E-state index in [0.717, 1.165) is 51.4 Å². The minimum Gasteiger partial charge on any atom is -0.462 e. The van der Waals surface area contributed by atoms with Crippen LogP contribution in [0.1, 0.15) is 175 Å². The van der Waals surface area contributed by atoms with Crippen molar-refractivity contribution in [1.82, 2.24) is 0 Å². The van der Waals surface area contributed by atoms with Crippen molar-refractivity contribution in [3.05, 3.63) is 12.2 Å². The van der Waals surface area contributed by atoms with Crippen LogP contribution in [0.2, 0.25) is 0 Å². The van der Waals surface area contributed by atoms with Crippen LogP contribution in [0, 0.1) is 0 Å². The number of ether oxygens (including phenoxy) is 1. The monoisotopic (exact) mass is 494 g/mol. The normalized spacial score (nSPS) is 13.4. The molecule has 0 aromatic heterocycles. The summed E-state index contributed by atoms with van der Waals surface area (Å²) in [7, 11) is 0. The number of aliphatic hydroxyl groups is 1. The van der Waals surface area contributed by atoms with Gasteiger partial charge in [0.05, 0.1) is 6.10 Å². The van der Waals surface area contributed by atoms with Gasteiger partial charge in [-0.25, -0.2) is 0 Å². The van der Waals surface area contributed by atoms with Gasteiger partial charge < -0.3 is 9.84 Å². The molecule has 0 amide bonds. The van der Waals surface area contributed by atoms with Crippen molar-refractivity contribution in [2.75, 3.05) is 0 Å². The molecule has 1 N–H and O–H groups in total. The van der Waals surface area contributed by atoms with Gasteiger partial charge in [-0.05, 0) is 44.9 Å². The molecule has 0 aliphatic heterocycles. The van der Waals surface area contributed by atoms with E-state index in [1.807, 2.05) is 6.92 Å². The largest absolute Gasteiger partial charge is 0.462 e. The number of carbonyl (C=O) groups is 1. The molecular formula is C32H62O3. The zero-order valence-electron chi connectivity index (χ0n) is 24.0. The van der Waals surface area contributed by atoms with E-state index in [9.17, 15) is 9.90 Å². The Hall–Kier alpha value is -0.830. The first-order valence-electron chi connectivity index (χ1n) is 15.7. The van der Waals surface area contributed by atoms with Crippen molar-refractivity contribution >= 4 is 5.97 Å². The van der Waals surface area contributed by atoms with E-state index in [-0.39, 0.29) is 18.2 Å². The molecule has 2 atom stereocenters. The van der Waals surface area contributed by atoms with E-state index < -0.39 is 0 Å². The summed E-state index contributed by atoms with van der Waals surface area (Å²) in [5.41, 5.74) is 0. The second kappa shape index (κ2) is 27.8. The molecule has 35 heavy (non-hydrogen) atoms. The minimum absolute atomic E-state index is 0.0377. The second-order valence-corrected chi connectivity index (χ2v) is 10.7. The highest BCUT2D eigenvalue weighted by Gasteiger charge is 2.12. The Morgan fingerprint density at radius 1 is 0.629 bits per heavy atom. The summed E-state index contributed by atoms with van der Waals surface area (Å²) in [4.78, 5) is 11.9. The molecule has 0 aliphatic rings. The van der Waals surface area contributed by atoms with E-state index in [1.165, 1.54) is 96.3 Å². The standard InChI is InChI=1S/C32H62O3/c1-4-7-9-11-12-15-18-21-26-30(33)27-22-19-16-13-14-17-20-24-29-31(28-23-10-8-5-2)35-32(34)25-6-3/h20,24,30-31,33H,4-19,21-23,25-29H2,1-3H3/b24-20-/t30?,31-/m1/s1. The predicted octanol–water partition coefficient (Wildman–Crippen LogP) is 10.2. The Morgan fingerprint density at radius 2 is 1.11 bits per heavy atom. The van der Waals surface area contributed by atoms with Gasteiger partial charge >= 0.3 is 5.97 Å². The van der Waals surface area contributed by atoms with E-state index in [0.29, 0.717) is 6.42 Å². The van der Waals surface area contributed by atoms with Gasteiger partial charge in [0.2, 0.25) is 0 Å². The van der Waals surface area contributed by atoms with E-state index in [2.05, 4.69) is 26.0 Å². The molecule has 0 bridgehead atoms. The van der Waals surface area contributed by atoms with Crippen molar-refractivity contribution < 1.29 is 14.6 Å². The van der Waals surface area contributed by atoms with Crippen LogP contribution in [0.4, 0.5) is 0 Å². The molecule has 0 fully saturated rings. The maximum Gasteiger partial charge on any atom is 0.306 e. The summed E-state index contributed by atoms with van der Waals surface area (Å²) in [6.07, 6.45) is 32.6. The van der Waals surface area contributed by atoms with Gasteiger partial charge in [-0.3, -0.25) is 4.79 Å². The fourth-order valence-electron chi connectivity index (χ4n) is 4.67. The summed E-state index contributed by atoms with van der Waals surface area (Å²) in [5.74, 6) is -0.0377. The number of hydrogen-bond donors (Lipinski definition) is 1. The lowest BCUT2D eigenvalue weighted by Gasteiger charge is -2.16. The first kappa shape index (κ1) is 34.2. The highest BCUT2D eigenvalue weighted by molar-refractivity contribution is 5.69. The molecule has 0 heterocycles. The highest BCUT2D eigenvalue weighted by Crippen LogP contribution is 2.16. The van der Waals surface area contributed by atoms with Crippen LogP contribution in [-0.2, 0) is 9.53 Å².